The number of hydrogen-bond donors (Lipinski definition) is 1. The summed E-state index contributed by atoms with van der Waals surface area (Å²) in [5, 5.41) is 0. The SMILES string of the molecule is NC1CCC(C(F)(F)F)N(C(=O)CCC2CCCC2)C1. The molecule has 3 nitrogen and oxygen atoms in total. The first-order valence-electron chi connectivity index (χ1n) is 7.49. The van der Waals surface area contributed by atoms with Crippen LogP contribution >= 0.6 is 0 Å². The van der Waals surface area contributed by atoms with Crippen molar-refractivity contribution in [3.8, 4) is 0 Å². The molecule has 1 heterocycles. The molecule has 2 aliphatic rings. The normalized spacial score (nSPS) is 28.9. The number of nitrogens with zero attached hydrogens (tertiary/aromatic N) is 1. The molecule has 0 spiro atoms. The highest BCUT2D eigenvalue weighted by molar-refractivity contribution is 5.76. The van der Waals surface area contributed by atoms with Gasteiger partial charge in [0, 0.05) is 19.0 Å². The fraction of sp³-hybridized carbons (Fsp3) is 0.929. The average Bonchev–Trinajstić information content (AvgIpc) is 2.87. The number of piperidine rings is 1. The lowest BCUT2D eigenvalue weighted by Crippen LogP contribution is -2.56. The molecule has 1 saturated heterocycles. The predicted octanol–water partition coefficient (Wildman–Crippen LogP) is 2.84. The Balaban J connectivity index is 1.92. The van der Waals surface area contributed by atoms with E-state index in [2.05, 4.69) is 0 Å². The molecule has 1 amide bonds. The summed E-state index contributed by atoms with van der Waals surface area (Å²) in [5.74, 6) is 0.135. The van der Waals surface area contributed by atoms with E-state index in [0.29, 0.717) is 12.3 Å². The van der Waals surface area contributed by atoms with Gasteiger partial charge in [-0.3, -0.25) is 4.79 Å². The Kier molecular flexibility index (Phi) is 4.94. The van der Waals surface area contributed by atoms with Crippen molar-refractivity contribution >= 4 is 5.91 Å². The lowest BCUT2D eigenvalue weighted by atomic mass is 9.96. The van der Waals surface area contributed by atoms with Crippen LogP contribution in [0.4, 0.5) is 13.2 Å². The van der Waals surface area contributed by atoms with Gasteiger partial charge in [0.25, 0.3) is 0 Å². The number of carbonyl (C=O) groups is 1. The zero-order valence-electron chi connectivity index (χ0n) is 11.7. The molecule has 6 heteroatoms. The van der Waals surface area contributed by atoms with E-state index in [0.717, 1.165) is 24.2 Å². The number of nitrogens with two attached hydrogens (primary N) is 1. The van der Waals surface area contributed by atoms with Gasteiger partial charge in [0.15, 0.2) is 0 Å². The smallest absolute Gasteiger partial charge is 0.329 e. The first-order valence-corrected chi connectivity index (χ1v) is 7.49. The molecule has 1 aliphatic heterocycles. The monoisotopic (exact) mass is 292 g/mol. The van der Waals surface area contributed by atoms with Crippen LogP contribution in [0.3, 0.4) is 0 Å². The van der Waals surface area contributed by atoms with Crippen molar-refractivity contribution in [2.75, 3.05) is 6.54 Å². The second-order valence-corrected chi connectivity index (χ2v) is 6.13. The summed E-state index contributed by atoms with van der Waals surface area (Å²) in [6.45, 7) is 0.0354. The van der Waals surface area contributed by atoms with Gasteiger partial charge in [0.2, 0.25) is 5.91 Å². The molecular formula is C14H23F3N2O. The van der Waals surface area contributed by atoms with Crippen molar-refractivity contribution < 1.29 is 18.0 Å². The summed E-state index contributed by atoms with van der Waals surface area (Å²) in [4.78, 5) is 13.1. The molecule has 2 atom stereocenters. The van der Waals surface area contributed by atoms with Gasteiger partial charge in [-0.1, -0.05) is 25.7 Å². The molecule has 20 heavy (non-hydrogen) atoms. The number of alkyl halides is 3. The highest BCUT2D eigenvalue weighted by Gasteiger charge is 2.47. The van der Waals surface area contributed by atoms with Crippen molar-refractivity contribution in [3.05, 3.63) is 0 Å². The molecule has 2 fully saturated rings. The standard InChI is InChI=1S/C14H23F3N2O/c15-14(16,17)12-7-6-11(18)9-19(12)13(20)8-5-10-3-1-2-4-10/h10-12H,1-9,18H2. The Labute approximate surface area is 117 Å². The van der Waals surface area contributed by atoms with Crippen LogP contribution in [0.15, 0.2) is 0 Å². The molecular weight excluding hydrogens is 269 g/mol. The van der Waals surface area contributed by atoms with Crippen molar-refractivity contribution in [1.82, 2.24) is 4.90 Å². The minimum Gasteiger partial charge on any atom is -0.329 e. The summed E-state index contributed by atoms with van der Waals surface area (Å²) in [7, 11) is 0. The van der Waals surface area contributed by atoms with Gasteiger partial charge in [0.05, 0.1) is 0 Å². The molecule has 2 N–H and O–H groups in total. The molecule has 0 aromatic rings. The lowest BCUT2D eigenvalue weighted by molar-refractivity contribution is -0.197. The Morgan fingerprint density at radius 1 is 1.15 bits per heavy atom. The van der Waals surface area contributed by atoms with Crippen molar-refractivity contribution in [3.63, 3.8) is 0 Å². The summed E-state index contributed by atoms with van der Waals surface area (Å²) in [6, 6.07) is -1.97. The van der Waals surface area contributed by atoms with Gasteiger partial charge in [0.1, 0.15) is 6.04 Å². The van der Waals surface area contributed by atoms with Crippen LogP contribution in [-0.2, 0) is 4.79 Å². The zero-order valence-corrected chi connectivity index (χ0v) is 11.7. The van der Waals surface area contributed by atoms with E-state index < -0.39 is 12.2 Å². The summed E-state index contributed by atoms with van der Waals surface area (Å²) in [6.07, 6.45) is 1.43. The van der Waals surface area contributed by atoms with Gasteiger partial charge >= 0.3 is 6.18 Å². The topological polar surface area (TPSA) is 46.3 Å². The van der Waals surface area contributed by atoms with Gasteiger partial charge < -0.3 is 10.6 Å². The van der Waals surface area contributed by atoms with Crippen LogP contribution in [0.25, 0.3) is 0 Å². The summed E-state index contributed by atoms with van der Waals surface area (Å²) in [5.41, 5.74) is 5.73. The quantitative estimate of drug-likeness (QED) is 0.869. The maximum atomic E-state index is 13.0. The average molecular weight is 292 g/mol. The maximum Gasteiger partial charge on any atom is 0.408 e. The fourth-order valence-electron chi connectivity index (χ4n) is 3.39. The second kappa shape index (κ2) is 6.33. The van der Waals surface area contributed by atoms with E-state index in [9.17, 15) is 18.0 Å². The maximum absolute atomic E-state index is 13.0. The van der Waals surface area contributed by atoms with Gasteiger partial charge in [-0.15, -0.1) is 0 Å². The Morgan fingerprint density at radius 2 is 1.80 bits per heavy atom. The molecule has 2 rings (SSSR count). The Morgan fingerprint density at radius 3 is 2.40 bits per heavy atom. The van der Waals surface area contributed by atoms with Crippen LogP contribution in [0.1, 0.15) is 51.4 Å². The number of rotatable bonds is 3. The molecule has 116 valence electrons. The number of amides is 1. The van der Waals surface area contributed by atoms with Crippen LogP contribution in [0.2, 0.25) is 0 Å². The molecule has 2 unspecified atom stereocenters. The minimum atomic E-state index is -4.34. The number of hydrogen-bond acceptors (Lipinski definition) is 2. The third-order valence-corrected chi connectivity index (χ3v) is 4.56. The molecule has 1 aliphatic carbocycles. The number of likely N-dealkylation sites (tertiary alicyclic amines) is 1. The van der Waals surface area contributed by atoms with E-state index in [-0.39, 0.29) is 31.3 Å². The van der Waals surface area contributed by atoms with Crippen molar-refractivity contribution in [2.24, 2.45) is 11.7 Å². The summed E-state index contributed by atoms with van der Waals surface area (Å²) < 4.78 is 39.0. The van der Waals surface area contributed by atoms with Crippen LogP contribution < -0.4 is 5.73 Å². The van der Waals surface area contributed by atoms with Crippen LogP contribution in [-0.4, -0.2) is 35.6 Å². The van der Waals surface area contributed by atoms with Crippen molar-refractivity contribution in [1.29, 1.82) is 0 Å². The fourth-order valence-corrected chi connectivity index (χ4v) is 3.39. The predicted molar refractivity (Wildman–Crippen MR) is 70.0 cm³/mol. The van der Waals surface area contributed by atoms with E-state index >= 15 is 0 Å². The molecule has 0 bridgehead atoms. The van der Waals surface area contributed by atoms with Gasteiger partial charge in [-0.25, -0.2) is 0 Å². The van der Waals surface area contributed by atoms with Crippen LogP contribution in [0.5, 0.6) is 0 Å². The van der Waals surface area contributed by atoms with Crippen molar-refractivity contribution in [2.45, 2.75) is 69.6 Å². The molecule has 0 aromatic heterocycles. The largest absolute Gasteiger partial charge is 0.408 e. The Bertz CT molecular complexity index is 340. The lowest BCUT2D eigenvalue weighted by Gasteiger charge is -2.39. The molecule has 0 radical (unpaired) electrons. The third kappa shape index (κ3) is 3.87. The minimum absolute atomic E-state index is 0.0354. The first kappa shape index (κ1) is 15.6. The zero-order chi connectivity index (χ0) is 14.8. The second-order valence-electron chi connectivity index (χ2n) is 6.13. The van der Waals surface area contributed by atoms with Gasteiger partial charge in [-0.2, -0.15) is 13.2 Å². The van der Waals surface area contributed by atoms with E-state index in [1.165, 1.54) is 12.8 Å². The van der Waals surface area contributed by atoms with Crippen LogP contribution in [0, 0.1) is 5.92 Å². The molecule has 1 saturated carbocycles. The third-order valence-electron chi connectivity index (χ3n) is 4.56. The number of halogens is 3. The van der Waals surface area contributed by atoms with E-state index in [1.54, 1.807) is 0 Å². The van der Waals surface area contributed by atoms with Gasteiger partial charge in [-0.05, 0) is 25.2 Å². The first-order chi connectivity index (χ1) is 9.38. The van der Waals surface area contributed by atoms with E-state index in [4.69, 9.17) is 5.73 Å². The highest BCUT2D eigenvalue weighted by Crippen LogP contribution is 2.33. The molecule has 0 aromatic carbocycles. The number of carbonyl (C=O) groups excluding carboxylic acids is 1. The Hall–Kier alpha value is -0.780. The highest BCUT2D eigenvalue weighted by atomic mass is 19.4. The summed E-state index contributed by atoms with van der Waals surface area (Å²) >= 11 is 0. The van der Waals surface area contributed by atoms with E-state index in [1.807, 2.05) is 0 Å².